The molecule has 1 aromatic carbocycles. The molecule has 2 aromatic rings. The third kappa shape index (κ3) is 3.38. The molecule has 2 amide bonds. The van der Waals surface area contributed by atoms with Gasteiger partial charge in [-0.05, 0) is 32.4 Å². The molecule has 0 aliphatic carbocycles. The Bertz CT molecular complexity index is 641. The number of para-hydroxylation sites is 1. The molecule has 21 heavy (non-hydrogen) atoms. The van der Waals surface area contributed by atoms with E-state index in [1.54, 1.807) is 0 Å². The van der Waals surface area contributed by atoms with Crippen LogP contribution in [0.15, 0.2) is 24.3 Å². The number of fused-ring (bicyclic) bond motifs is 1. The molecule has 0 saturated heterocycles. The maximum Gasteiger partial charge on any atom is 0.315 e. The van der Waals surface area contributed by atoms with E-state index < -0.39 is 0 Å². The largest absolute Gasteiger partial charge is 0.358 e. The van der Waals surface area contributed by atoms with Gasteiger partial charge in [-0.25, -0.2) is 4.79 Å². The zero-order valence-corrected chi connectivity index (χ0v) is 13.5. The van der Waals surface area contributed by atoms with Crippen molar-refractivity contribution < 1.29 is 4.79 Å². The van der Waals surface area contributed by atoms with Crippen LogP contribution in [0.1, 0.15) is 39.0 Å². The molecule has 0 saturated carbocycles. The Kier molecular flexibility index (Phi) is 4.26. The van der Waals surface area contributed by atoms with E-state index in [9.17, 15) is 4.79 Å². The van der Waals surface area contributed by atoms with E-state index in [-0.39, 0.29) is 17.5 Å². The summed E-state index contributed by atoms with van der Waals surface area (Å²) in [5.41, 5.74) is 3.43. The lowest BCUT2D eigenvalue weighted by molar-refractivity contribution is 0.236. The Morgan fingerprint density at radius 3 is 2.62 bits per heavy atom. The average Bonchev–Trinajstić information content (AvgIpc) is 2.72. The second kappa shape index (κ2) is 5.80. The lowest BCUT2D eigenvalue weighted by atomic mass is 9.82. The summed E-state index contributed by atoms with van der Waals surface area (Å²) in [5.74, 6) is 0. The number of amides is 2. The number of urea groups is 1. The summed E-state index contributed by atoms with van der Waals surface area (Å²) in [4.78, 5) is 15.2. The number of carbonyl (C=O) groups excluding carboxylic acids is 1. The summed E-state index contributed by atoms with van der Waals surface area (Å²) < 4.78 is 0. The van der Waals surface area contributed by atoms with Crippen LogP contribution in [0.5, 0.6) is 0 Å². The lowest BCUT2D eigenvalue weighted by Crippen LogP contribution is -2.44. The van der Waals surface area contributed by atoms with Crippen LogP contribution in [0, 0.1) is 6.92 Å². The highest BCUT2D eigenvalue weighted by molar-refractivity contribution is 5.86. The Morgan fingerprint density at radius 1 is 1.29 bits per heavy atom. The molecular weight excluding hydrogens is 262 g/mol. The SMILES string of the molecule is Cc1[nH]c2ccccc2c1C(C)(C)CNC(=O)NC(C)C. The van der Waals surface area contributed by atoms with Crippen molar-refractivity contribution in [2.45, 2.75) is 46.1 Å². The van der Waals surface area contributed by atoms with Gasteiger partial charge in [-0.15, -0.1) is 0 Å². The molecule has 0 atom stereocenters. The van der Waals surface area contributed by atoms with Gasteiger partial charge >= 0.3 is 6.03 Å². The maximum atomic E-state index is 11.8. The predicted molar refractivity (Wildman–Crippen MR) is 87.7 cm³/mol. The zero-order chi connectivity index (χ0) is 15.6. The predicted octanol–water partition coefficient (Wildman–Crippen LogP) is 3.46. The van der Waals surface area contributed by atoms with Gasteiger partial charge in [-0.3, -0.25) is 0 Å². The smallest absolute Gasteiger partial charge is 0.315 e. The van der Waals surface area contributed by atoms with Crippen molar-refractivity contribution >= 4 is 16.9 Å². The number of hydrogen-bond donors (Lipinski definition) is 3. The summed E-state index contributed by atoms with van der Waals surface area (Å²) in [6, 6.07) is 8.32. The van der Waals surface area contributed by atoms with Crippen LogP contribution in [-0.2, 0) is 5.41 Å². The fraction of sp³-hybridized carbons (Fsp3) is 0.471. The van der Waals surface area contributed by atoms with Crippen molar-refractivity contribution in [2.24, 2.45) is 0 Å². The van der Waals surface area contributed by atoms with E-state index >= 15 is 0 Å². The maximum absolute atomic E-state index is 11.8. The van der Waals surface area contributed by atoms with Gasteiger partial charge in [0.25, 0.3) is 0 Å². The number of aryl methyl sites for hydroxylation is 1. The van der Waals surface area contributed by atoms with Gasteiger partial charge in [-0.2, -0.15) is 0 Å². The molecule has 0 unspecified atom stereocenters. The molecular formula is C17H25N3O. The second-order valence-corrected chi connectivity index (χ2v) is 6.54. The van der Waals surface area contributed by atoms with E-state index in [0.29, 0.717) is 6.54 Å². The van der Waals surface area contributed by atoms with Crippen molar-refractivity contribution in [3.8, 4) is 0 Å². The van der Waals surface area contributed by atoms with E-state index in [2.05, 4.69) is 48.5 Å². The highest BCUT2D eigenvalue weighted by Gasteiger charge is 2.26. The van der Waals surface area contributed by atoms with Gasteiger partial charge in [0.15, 0.2) is 0 Å². The summed E-state index contributed by atoms with van der Waals surface area (Å²) in [7, 11) is 0. The summed E-state index contributed by atoms with van der Waals surface area (Å²) >= 11 is 0. The van der Waals surface area contributed by atoms with E-state index in [4.69, 9.17) is 0 Å². The third-order valence-electron chi connectivity index (χ3n) is 3.68. The minimum absolute atomic E-state index is 0.115. The number of rotatable bonds is 4. The summed E-state index contributed by atoms with van der Waals surface area (Å²) in [6.45, 7) is 10.9. The number of hydrogen-bond acceptors (Lipinski definition) is 1. The van der Waals surface area contributed by atoms with Crippen molar-refractivity contribution in [1.82, 2.24) is 15.6 Å². The molecule has 3 N–H and O–H groups in total. The molecule has 1 aromatic heterocycles. The average molecular weight is 287 g/mol. The number of aromatic amines is 1. The molecule has 0 aliphatic rings. The van der Waals surface area contributed by atoms with Crippen molar-refractivity contribution in [3.05, 3.63) is 35.5 Å². The molecule has 0 radical (unpaired) electrons. The van der Waals surface area contributed by atoms with Crippen LogP contribution >= 0.6 is 0 Å². The van der Waals surface area contributed by atoms with Gasteiger partial charge < -0.3 is 15.6 Å². The highest BCUT2D eigenvalue weighted by Crippen LogP contribution is 2.32. The van der Waals surface area contributed by atoms with Crippen LogP contribution in [0.4, 0.5) is 4.79 Å². The van der Waals surface area contributed by atoms with E-state index in [1.807, 2.05) is 26.0 Å². The van der Waals surface area contributed by atoms with Crippen LogP contribution < -0.4 is 10.6 Å². The summed E-state index contributed by atoms with van der Waals surface area (Å²) in [5, 5.41) is 7.05. The highest BCUT2D eigenvalue weighted by atomic mass is 16.2. The Hall–Kier alpha value is -1.97. The first-order chi connectivity index (χ1) is 9.81. The number of benzene rings is 1. The Balaban J connectivity index is 2.21. The molecule has 4 nitrogen and oxygen atoms in total. The number of aromatic nitrogens is 1. The first-order valence-electron chi connectivity index (χ1n) is 7.43. The lowest BCUT2D eigenvalue weighted by Gasteiger charge is -2.26. The monoisotopic (exact) mass is 287 g/mol. The molecule has 2 rings (SSSR count). The van der Waals surface area contributed by atoms with Gasteiger partial charge in [0.1, 0.15) is 0 Å². The number of H-pyrrole nitrogens is 1. The third-order valence-corrected chi connectivity index (χ3v) is 3.68. The zero-order valence-electron chi connectivity index (χ0n) is 13.5. The molecule has 4 heteroatoms. The van der Waals surface area contributed by atoms with E-state index in [0.717, 1.165) is 11.2 Å². The second-order valence-electron chi connectivity index (χ2n) is 6.54. The van der Waals surface area contributed by atoms with Crippen LogP contribution in [-0.4, -0.2) is 23.6 Å². The van der Waals surface area contributed by atoms with Gasteiger partial charge in [0.2, 0.25) is 0 Å². The fourth-order valence-corrected chi connectivity index (χ4v) is 2.85. The first-order valence-corrected chi connectivity index (χ1v) is 7.43. The standard InChI is InChI=1S/C17H25N3O/c1-11(2)19-16(21)18-10-17(4,5)15-12(3)20-14-9-7-6-8-13(14)15/h6-9,11,20H,10H2,1-5H3,(H2,18,19,21). The van der Waals surface area contributed by atoms with Crippen LogP contribution in [0.2, 0.25) is 0 Å². The molecule has 0 bridgehead atoms. The number of nitrogens with one attached hydrogen (secondary N) is 3. The minimum Gasteiger partial charge on any atom is -0.358 e. The van der Waals surface area contributed by atoms with Gasteiger partial charge in [-0.1, -0.05) is 32.0 Å². The Morgan fingerprint density at radius 2 is 1.95 bits per heavy atom. The first kappa shape index (κ1) is 15.4. The molecule has 0 aliphatic heterocycles. The van der Waals surface area contributed by atoms with Crippen molar-refractivity contribution in [1.29, 1.82) is 0 Å². The number of carbonyl (C=O) groups is 1. The normalized spacial score (nSPS) is 11.9. The quantitative estimate of drug-likeness (QED) is 0.792. The molecule has 1 heterocycles. The molecule has 0 spiro atoms. The Labute approximate surface area is 126 Å². The van der Waals surface area contributed by atoms with Crippen LogP contribution in [0.25, 0.3) is 10.9 Å². The molecule has 114 valence electrons. The van der Waals surface area contributed by atoms with Crippen molar-refractivity contribution in [2.75, 3.05) is 6.54 Å². The van der Waals surface area contributed by atoms with Gasteiger partial charge in [0, 0.05) is 34.6 Å². The fourth-order valence-electron chi connectivity index (χ4n) is 2.85. The topological polar surface area (TPSA) is 56.9 Å². The summed E-state index contributed by atoms with van der Waals surface area (Å²) in [6.07, 6.45) is 0. The van der Waals surface area contributed by atoms with E-state index in [1.165, 1.54) is 10.9 Å². The van der Waals surface area contributed by atoms with Crippen molar-refractivity contribution in [3.63, 3.8) is 0 Å². The van der Waals surface area contributed by atoms with Crippen LogP contribution in [0.3, 0.4) is 0 Å². The minimum atomic E-state index is -0.141. The molecule has 0 fully saturated rings. The van der Waals surface area contributed by atoms with Gasteiger partial charge in [0.05, 0.1) is 0 Å².